The molecule has 0 heterocycles. The summed E-state index contributed by atoms with van der Waals surface area (Å²) in [6.07, 6.45) is 1.41. The van der Waals surface area contributed by atoms with Crippen molar-refractivity contribution in [3.05, 3.63) is 64.7 Å². The largest absolute Gasteiger partial charge is 0.495 e. The summed E-state index contributed by atoms with van der Waals surface area (Å²) < 4.78 is 37.1. The molecule has 0 aliphatic carbocycles. The van der Waals surface area contributed by atoms with Crippen LogP contribution in [0.3, 0.4) is 0 Å². The Bertz CT molecular complexity index is 976. The Kier molecular flexibility index (Phi) is 6.75. The van der Waals surface area contributed by atoms with Crippen LogP contribution in [0.5, 0.6) is 5.75 Å². The van der Waals surface area contributed by atoms with Crippen molar-refractivity contribution in [2.24, 2.45) is 0 Å². The average Bonchev–Trinajstić information content (AvgIpc) is 2.66. The molecule has 0 saturated heterocycles. The predicted octanol–water partition coefficient (Wildman–Crippen LogP) is 4.17. The molecule has 9 heteroatoms. The van der Waals surface area contributed by atoms with E-state index in [0.29, 0.717) is 5.75 Å². The van der Waals surface area contributed by atoms with Gasteiger partial charge in [0.25, 0.3) is 10.0 Å². The maximum Gasteiger partial charge on any atom is 0.337 e. The first-order valence-corrected chi connectivity index (χ1v) is 9.81. The van der Waals surface area contributed by atoms with E-state index in [1.54, 1.807) is 0 Å². The normalized spacial score (nSPS) is 11.0. The van der Waals surface area contributed by atoms with E-state index in [1.807, 2.05) is 0 Å². The van der Waals surface area contributed by atoms with Crippen LogP contribution in [0.2, 0.25) is 10.0 Å². The number of hydrogen-bond acceptors (Lipinski definition) is 5. The number of halogens is 2. The maximum atomic E-state index is 13.2. The smallest absolute Gasteiger partial charge is 0.337 e. The molecule has 2 aromatic carbocycles. The van der Waals surface area contributed by atoms with Crippen LogP contribution in [0.15, 0.2) is 53.9 Å². The summed E-state index contributed by atoms with van der Waals surface area (Å²) >= 11 is 12.3. The number of ether oxygens (including phenoxy) is 2. The van der Waals surface area contributed by atoms with Crippen LogP contribution in [0.1, 0.15) is 10.4 Å². The predicted molar refractivity (Wildman–Crippen MR) is 106 cm³/mol. The second-order valence-electron chi connectivity index (χ2n) is 5.28. The first-order chi connectivity index (χ1) is 12.8. The minimum atomic E-state index is -4.05. The van der Waals surface area contributed by atoms with Crippen molar-refractivity contribution in [1.82, 2.24) is 0 Å². The van der Waals surface area contributed by atoms with Gasteiger partial charge < -0.3 is 9.47 Å². The van der Waals surface area contributed by atoms with Crippen LogP contribution < -0.4 is 9.04 Å². The third kappa shape index (κ3) is 4.37. The molecule has 0 aliphatic rings. The SMILES string of the molecule is C=CCN(c1cc(C(=O)OC)ccc1Cl)S(=O)(=O)c1ccc(OC)c(Cl)c1. The van der Waals surface area contributed by atoms with Gasteiger partial charge in [-0.1, -0.05) is 29.3 Å². The molecule has 27 heavy (non-hydrogen) atoms. The van der Waals surface area contributed by atoms with Crippen molar-refractivity contribution in [3.63, 3.8) is 0 Å². The van der Waals surface area contributed by atoms with Gasteiger partial charge in [-0.3, -0.25) is 4.31 Å². The zero-order chi connectivity index (χ0) is 20.2. The minimum Gasteiger partial charge on any atom is -0.495 e. The fourth-order valence-electron chi connectivity index (χ4n) is 2.33. The van der Waals surface area contributed by atoms with Crippen LogP contribution in [-0.2, 0) is 14.8 Å². The lowest BCUT2D eigenvalue weighted by molar-refractivity contribution is 0.0600. The summed E-state index contributed by atoms with van der Waals surface area (Å²) in [7, 11) is -1.39. The Morgan fingerprint density at radius 2 is 1.85 bits per heavy atom. The average molecular weight is 430 g/mol. The van der Waals surface area contributed by atoms with Gasteiger partial charge in [-0.25, -0.2) is 13.2 Å². The molecule has 2 rings (SSSR count). The van der Waals surface area contributed by atoms with Gasteiger partial charge in [-0.05, 0) is 36.4 Å². The highest BCUT2D eigenvalue weighted by Gasteiger charge is 2.27. The number of benzene rings is 2. The van der Waals surface area contributed by atoms with Gasteiger partial charge in [0.2, 0.25) is 0 Å². The Hall–Kier alpha value is -2.22. The number of sulfonamides is 1. The maximum absolute atomic E-state index is 13.2. The van der Waals surface area contributed by atoms with Crippen LogP contribution in [0, 0.1) is 0 Å². The second kappa shape index (κ2) is 8.65. The van der Waals surface area contributed by atoms with Gasteiger partial charge >= 0.3 is 5.97 Å². The van der Waals surface area contributed by atoms with Crippen LogP contribution in [0.4, 0.5) is 5.69 Å². The van der Waals surface area contributed by atoms with Crippen molar-refractivity contribution < 1.29 is 22.7 Å². The Labute approximate surface area is 168 Å². The molecule has 2 aromatic rings. The Morgan fingerprint density at radius 3 is 2.41 bits per heavy atom. The topological polar surface area (TPSA) is 72.9 Å². The van der Waals surface area contributed by atoms with Gasteiger partial charge in [0.15, 0.2) is 0 Å². The van der Waals surface area contributed by atoms with E-state index in [-0.39, 0.29) is 32.7 Å². The van der Waals surface area contributed by atoms with Crippen molar-refractivity contribution in [1.29, 1.82) is 0 Å². The van der Waals surface area contributed by atoms with Crippen molar-refractivity contribution in [2.45, 2.75) is 4.90 Å². The highest BCUT2D eigenvalue weighted by Crippen LogP contribution is 2.34. The van der Waals surface area contributed by atoms with E-state index < -0.39 is 16.0 Å². The molecule has 0 saturated carbocycles. The van der Waals surface area contributed by atoms with Crippen LogP contribution >= 0.6 is 23.2 Å². The second-order valence-corrected chi connectivity index (χ2v) is 7.96. The van der Waals surface area contributed by atoms with E-state index in [9.17, 15) is 13.2 Å². The molecule has 0 fully saturated rings. The summed E-state index contributed by atoms with van der Waals surface area (Å²) in [5.41, 5.74) is 0.278. The molecule has 0 atom stereocenters. The van der Waals surface area contributed by atoms with Gasteiger partial charge in [-0.15, -0.1) is 6.58 Å². The fourth-order valence-corrected chi connectivity index (χ4v) is 4.39. The van der Waals surface area contributed by atoms with E-state index in [0.717, 1.165) is 4.31 Å². The first-order valence-electron chi connectivity index (χ1n) is 7.61. The van der Waals surface area contributed by atoms with Crippen LogP contribution in [0.25, 0.3) is 0 Å². The minimum absolute atomic E-state index is 0.0605. The van der Waals surface area contributed by atoms with E-state index in [1.165, 1.54) is 56.7 Å². The molecule has 0 aromatic heterocycles. The molecule has 0 bridgehead atoms. The third-order valence-electron chi connectivity index (χ3n) is 3.64. The molecule has 6 nitrogen and oxygen atoms in total. The molecule has 0 unspecified atom stereocenters. The Morgan fingerprint density at radius 1 is 1.15 bits per heavy atom. The van der Waals surface area contributed by atoms with Gasteiger partial charge in [-0.2, -0.15) is 0 Å². The third-order valence-corrected chi connectivity index (χ3v) is 6.03. The molecule has 0 spiro atoms. The van der Waals surface area contributed by atoms with Gasteiger partial charge in [0, 0.05) is 0 Å². The summed E-state index contributed by atoms with van der Waals surface area (Å²) in [5.74, 6) is -0.270. The van der Waals surface area contributed by atoms with E-state index >= 15 is 0 Å². The number of anilines is 1. The highest BCUT2D eigenvalue weighted by atomic mass is 35.5. The fraction of sp³-hybridized carbons (Fsp3) is 0.167. The van der Waals surface area contributed by atoms with Crippen molar-refractivity contribution >= 4 is 44.9 Å². The molecule has 0 amide bonds. The number of carbonyl (C=O) groups excluding carboxylic acids is 1. The first kappa shape index (κ1) is 21.1. The zero-order valence-electron chi connectivity index (χ0n) is 14.6. The van der Waals surface area contributed by atoms with E-state index in [2.05, 4.69) is 11.3 Å². The number of nitrogens with zero attached hydrogens (tertiary/aromatic N) is 1. The summed E-state index contributed by atoms with van der Waals surface area (Å²) in [5, 5.41) is 0.291. The quantitative estimate of drug-likeness (QED) is 0.487. The summed E-state index contributed by atoms with van der Waals surface area (Å²) in [6.45, 7) is 3.52. The highest BCUT2D eigenvalue weighted by molar-refractivity contribution is 7.92. The number of esters is 1. The lowest BCUT2D eigenvalue weighted by Gasteiger charge is -2.24. The molecule has 0 N–H and O–H groups in total. The number of methoxy groups -OCH3 is 2. The molecular weight excluding hydrogens is 413 g/mol. The van der Waals surface area contributed by atoms with Crippen molar-refractivity contribution in [3.8, 4) is 5.75 Å². The summed E-state index contributed by atoms with van der Waals surface area (Å²) in [4.78, 5) is 11.7. The zero-order valence-corrected chi connectivity index (χ0v) is 16.9. The molecule has 144 valence electrons. The number of rotatable bonds is 7. The monoisotopic (exact) mass is 429 g/mol. The van der Waals surface area contributed by atoms with Gasteiger partial charge in [0.1, 0.15) is 5.75 Å². The number of carbonyl (C=O) groups is 1. The lowest BCUT2D eigenvalue weighted by Crippen LogP contribution is -2.31. The molecular formula is C18H17Cl2NO5S. The van der Waals surface area contributed by atoms with Gasteiger partial charge in [0.05, 0.1) is 47.0 Å². The lowest BCUT2D eigenvalue weighted by atomic mass is 10.2. The molecule has 0 aliphatic heterocycles. The standard InChI is InChI=1S/C18H17Cl2NO5S/c1-4-9-21(16-10-12(18(22)26-3)5-7-14(16)19)27(23,24)13-6-8-17(25-2)15(20)11-13/h4-8,10-11H,1,9H2,2-3H3. The van der Waals surface area contributed by atoms with Crippen LogP contribution in [-0.4, -0.2) is 35.2 Å². The summed E-state index contributed by atoms with van der Waals surface area (Å²) in [6, 6.07) is 8.32. The van der Waals surface area contributed by atoms with Crippen molar-refractivity contribution in [2.75, 3.05) is 25.1 Å². The molecule has 0 radical (unpaired) electrons. The number of hydrogen-bond donors (Lipinski definition) is 0. The van der Waals surface area contributed by atoms with E-state index in [4.69, 9.17) is 27.9 Å². The Balaban J connectivity index is 2.61.